The molecule has 4 heterocycles. The van der Waals surface area contributed by atoms with Crippen molar-refractivity contribution in [2.45, 2.75) is 73.9 Å². The van der Waals surface area contributed by atoms with Gasteiger partial charge in [-0.3, -0.25) is 0 Å². The van der Waals surface area contributed by atoms with Gasteiger partial charge in [0.05, 0.1) is 24.0 Å². The Morgan fingerprint density at radius 2 is 1.94 bits per heavy atom. The number of benzene rings is 1. The van der Waals surface area contributed by atoms with E-state index in [0.717, 1.165) is 54.7 Å². The number of rotatable bonds is 6. The van der Waals surface area contributed by atoms with Gasteiger partial charge in [0.25, 0.3) is 0 Å². The molecule has 1 saturated carbocycles. The Hall–Kier alpha value is -2.85. The van der Waals surface area contributed by atoms with Crippen LogP contribution in [-0.2, 0) is 0 Å². The van der Waals surface area contributed by atoms with E-state index in [1.54, 1.807) is 24.5 Å². The van der Waals surface area contributed by atoms with Crippen LogP contribution < -0.4 is 10.2 Å². The van der Waals surface area contributed by atoms with Gasteiger partial charge in [-0.05, 0) is 62.1 Å². The Kier molecular flexibility index (Phi) is 6.01. The monoisotopic (exact) mass is 493 g/mol. The first kappa shape index (κ1) is 22.6. The van der Waals surface area contributed by atoms with Gasteiger partial charge in [0, 0.05) is 23.7 Å². The number of aromatic hydroxyl groups is 1. The average molecular weight is 494 g/mol. The molecular weight excluding hydrogens is 465 g/mol. The van der Waals surface area contributed by atoms with Gasteiger partial charge in [0.2, 0.25) is 0 Å². The highest BCUT2D eigenvalue weighted by Crippen LogP contribution is 2.39. The molecule has 2 bridgehead atoms. The number of fused-ring (bicyclic) bond motifs is 2. The zero-order valence-corrected chi connectivity index (χ0v) is 20.3. The van der Waals surface area contributed by atoms with E-state index in [-0.39, 0.29) is 17.8 Å². The van der Waals surface area contributed by atoms with Crippen LogP contribution in [0.1, 0.15) is 38.5 Å². The standard InChI is InChI=1S/C25H28FN7OS/c1-35-23-10-15(12-28-31-23)14-5-8-18(21(34)9-14)25-27-13-22(30-32-25)33(17-6-7-17)20-11-16-3-2-4-19(29-16)24(20)26/h5,8-10,12-13,16-17,19-20,24,29,34H,2-4,6-7,11H2,1H3/t16-,19+,20+,24-/m1/s1. The first-order chi connectivity index (χ1) is 17.1. The van der Waals surface area contributed by atoms with E-state index in [9.17, 15) is 5.11 Å². The first-order valence-electron chi connectivity index (χ1n) is 12.2. The summed E-state index contributed by atoms with van der Waals surface area (Å²) in [5, 5.41) is 31.9. The SMILES string of the molecule is CSc1cc(-c2ccc(-c3ncc(N(C4CC4)[C@H]4C[C@H]5CCC[C@H](N5)[C@H]4F)nn3)c(O)c2)cnn1. The van der Waals surface area contributed by atoms with E-state index in [2.05, 4.69) is 35.6 Å². The number of piperidine rings is 2. The van der Waals surface area contributed by atoms with Crippen molar-refractivity contribution in [1.82, 2.24) is 30.7 Å². The molecule has 182 valence electrons. The van der Waals surface area contributed by atoms with Gasteiger partial charge >= 0.3 is 0 Å². The zero-order chi connectivity index (χ0) is 23.9. The van der Waals surface area contributed by atoms with E-state index in [4.69, 9.17) is 0 Å². The minimum atomic E-state index is -0.931. The minimum Gasteiger partial charge on any atom is -0.507 e. The molecule has 0 spiro atoms. The lowest BCUT2D eigenvalue weighted by Gasteiger charge is -2.47. The largest absolute Gasteiger partial charge is 0.507 e. The van der Waals surface area contributed by atoms with E-state index >= 15 is 4.39 Å². The lowest BCUT2D eigenvalue weighted by atomic mass is 9.82. The molecule has 1 aromatic carbocycles. The van der Waals surface area contributed by atoms with Crippen molar-refractivity contribution in [3.05, 3.63) is 36.7 Å². The molecule has 4 atom stereocenters. The summed E-state index contributed by atoms with van der Waals surface area (Å²) in [5.74, 6) is 1.02. The van der Waals surface area contributed by atoms with Crippen LogP contribution >= 0.6 is 11.8 Å². The Bertz CT molecular complexity index is 1210. The van der Waals surface area contributed by atoms with E-state index in [1.165, 1.54) is 11.8 Å². The van der Waals surface area contributed by atoms with Crippen LogP contribution in [0.15, 0.2) is 41.7 Å². The molecule has 0 radical (unpaired) electrons. The summed E-state index contributed by atoms with van der Waals surface area (Å²) < 4.78 is 15.5. The molecule has 2 aliphatic heterocycles. The molecular formula is C25H28FN7OS. The maximum absolute atomic E-state index is 15.5. The highest BCUT2D eigenvalue weighted by Gasteiger charge is 2.46. The van der Waals surface area contributed by atoms with Crippen molar-refractivity contribution in [2.75, 3.05) is 11.2 Å². The number of hydrogen-bond donors (Lipinski definition) is 2. The molecule has 8 nitrogen and oxygen atoms in total. The fourth-order valence-corrected chi connectivity index (χ4v) is 5.82. The van der Waals surface area contributed by atoms with Crippen LogP contribution in [0.25, 0.3) is 22.5 Å². The van der Waals surface area contributed by atoms with E-state index in [0.29, 0.717) is 29.3 Å². The number of hydrogen-bond acceptors (Lipinski definition) is 9. The predicted molar refractivity (Wildman–Crippen MR) is 133 cm³/mol. The number of aromatic nitrogens is 5. The summed E-state index contributed by atoms with van der Waals surface area (Å²) >= 11 is 1.51. The summed E-state index contributed by atoms with van der Waals surface area (Å²) in [5.41, 5.74) is 2.19. The normalized spacial score (nSPS) is 25.9. The lowest BCUT2D eigenvalue weighted by Crippen LogP contribution is -2.62. The second-order valence-corrected chi connectivity index (χ2v) is 10.5. The Balaban J connectivity index is 1.25. The van der Waals surface area contributed by atoms with Crippen molar-refractivity contribution in [3.63, 3.8) is 0 Å². The smallest absolute Gasteiger partial charge is 0.185 e. The van der Waals surface area contributed by atoms with Gasteiger partial charge in [-0.25, -0.2) is 9.37 Å². The summed E-state index contributed by atoms with van der Waals surface area (Å²) in [7, 11) is 0. The van der Waals surface area contributed by atoms with Crippen molar-refractivity contribution in [1.29, 1.82) is 0 Å². The van der Waals surface area contributed by atoms with Crippen molar-refractivity contribution in [3.8, 4) is 28.3 Å². The van der Waals surface area contributed by atoms with Gasteiger partial charge in [-0.1, -0.05) is 12.5 Å². The van der Waals surface area contributed by atoms with Crippen molar-refractivity contribution in [2.24, 2.45) is 0 Å². The third-order valence-electron chi connectivity index (χ3n) is 7.32. The van der Waals surface area contributed by atoms with E-state index < -0.39 is 6.17 Å². The van der Waals surface area contributed by atoms with Crippen molar-refractivity contribution < 1.29 is 9.50 Å². The Morgan fingerprint density at radius 3 is 2.69 bits per heavy atom. The maximum Gasteiger partial charge on any atom is 0.185 e. The number of phenolic OH excluding ortho intramolecular Hbond substituents is 1. The average Bonchev–Trinajstić information content (AvgIpc) is 3.73. The second-order valence-electron chi connectivity index (χ2n) is 9.65. The number of anilines is 1. The highest BCUT2D eigenvalue weighted by molar-refractivity contribution is 7.98. The van der Waals surface area contributed by atoms with Gasteiger partial charge in [0.15, 0.2) is 11.6 Å². The predicted octanol–water partition coefficient (Wildman–Crippen LogP) is 4.01. The molecule has 0 unspecified atom stereocenters. The minimum absolute atomic E-state index is 0.0635. The Labute approximate surface area is 207 Å². The molecule has 6 rings (SSSR count). The summed E-state index contributed by atoms with van der Waals surface area (Å²) in [6, 6.07) is 7.67. The fraction of sp³-hybridized carbons (Fsp3) is 0.480. The van der Waals surface area contributed by atoms with Crippen LogP contribution in [0.5, 0.6) is 5.75 Å². The van der Waals surface area contributed by atoms with Crippen LogP contribution in [0.2, 0.25) is 0 Å². The number of halogens is 1. The molecule has 3 aliphatic rings. The molecule has 35 heavy (non-hydrogen) atoms. The first-order valence-corrected chi connectivity index (χ1v) is 13.4. The fourth-order valence-electron chi connectivity index (χ4n) is 5.44. The summed E-state index contributed by atoms with van der Waals surface area (Å²) in [6.07, 6.45) is 10.3. The highest BCUT2D eigenvalue weighted by atomic mass is 32.2. The molecule has 2 aromatic heterocycles. The molecule has 3 fully saturated rings. The van der Waals surface area contributed by atoms with E-state index in [1.807, 2.05) is 18.4 Å². The maximum atomic E-state index is 15.5. The summed E-state index contributed by atoms with van der Waals surface area (Å²) in [6.45, 7) is 0. The zero-order valence-electron chi connectivity index (χ0n) is 19.5. The topological polar surface area (TPSA) is 100.0 Å². The third-order valence-corrected chi connectivity index (χ3v) is 7.94. The van der Waals surface area contributed by atoms with Crippen LogP contribution in [-0.4, -0.2) is 67.1 Å². The number of thioether (sulfide) groups is 1. The number of nitrogens with one attached hydrogen (secondary N) is 1. The number of alkyl halides is 1. The number of phenols is 1. The molecule has 3 aromatic rings. The quantitative estimate of drug-likeness (QED) is 0.493. The summed E-state index contributed by atoms with van der Waals surface area (Å²) in [4.78, 5) is 6.65. The molecule has 10 heteroatoms. The Morgan fingerprint density at radius 1 is 1.06 bits per heavy atom. The third kappa shape index (κ3) is 4.45. The molecule has 2 N–H and O–H groups in total. The second kappa shape index (κ2) is 9.31. The lowest BCUT2D eigenvalue weighted by molar-refractivity contribution is 0.104. The van der Waals surface area contributed by atoms with Crippen LogP contribution in [0.3, 0.4) is 0 Å². The number of nitrogens with zero attached hydrogens (tertiary/aromatic N) is 6. The molecule has 1 aliphatic carbocycles. The van der Waals surface area contributed by atoms with Gasteiger partial charge in [0.1, 0.15) is 16.9 Å². The molecule has 2 saturated heterocycles. The van der Waals surface area contributed by atoms with Gasteiger partial charge in [-0.15, -0.1) is 27.1 Å². The molecule has 0 amide bonds. The van der Waals surface area contributed by atoms with Gasteiger partial charge < -0.3 is 15.3 Å². The van der Waals surface area contributed by atoms with Crippen molar-refractivity contribution >= 4 is 17.6 Å². The van der Waals surface area contributed by atoms with Crippen LogP contribution in [0.4, 0.5) is 10.2 Å². The van der Waals surface area contributed by atoms with Gasteiger partial charge in [-0.2, -0.15) is 5.10 Å². The van der Waals surface area contributed by atoms with Crippen LogP contribution in [0, 0.1) is 0 Å².